The summed E-state index contributed by atoms with van der Waals surface area (Å²) in [6.45, 7) is 12.7. The van der Waals surface area contributed by atoms with Crippen LogP contribution in [0.4, 0.5) is 0 Å². The molecule has 1 aromatic heterocycles. The second-order valence-electron chi connectivity index (χ2n) is 6.61. The van der Waals surface area contributed by atoms with E-state index in [1.807, 2.05) is 24.0 Å². The van der Waals surface area contributed by atoms with E-state index in [0.29, 0.717) is 5.16 Å². The van der Waals surface area contributed by atoms with Crippen LogP contribution in [-0.2, 0) is 4.79 Å². The van der Waals surface area contributed by atoms with Crippen LogP contribution in [0.25, 0.3) is 5.69 Å². The Morgan fingerprint density at radius 2 is 1.96 bits per heavy atom. The Hall–Kier alpha value is -1.93. The summed E-state index contributed by atoms with van der Waals surface area (Å²) in [5.74, 6) is 0.154. The minimum absolute atomic E-state index is 0.154. The Balaban J connectivity index is 1.71. The van der Waals surface area contributed by atoms with E-state index in [9.17, 15) is 4.79 Å². The van der Waals surface area contributed by atoms with E-state index in [1.54, 1.807) is 4.68 Å². The zero-order valence-corrected chi connectivity index (χ0v) is 16.7. The molecule has 140 valence electrons. The monoisotopic (exact) mass is 374 g/mol. The molecule has 1 amide bonds. The number of benzene rings is 1. The molecule has 1 saturated heterocycles. The quantitative estimate of drug-likeness (QED) is 0.745. The molecule has 2 heterocycles. The van der Waals surface area contributed by atoms with Gasteiger partial charge in [0.25, 0.3) is 0 Å². The van der Waals surface area contributed by atoms with Crippen molar-refractivity contribution >= 4 is 17.7 Å². The third kappa shape index (κ3) is 3.91. The average molecular weight is 375 g/mol. The number of likely N-dealkylation sites (N-methyl/N-ethyl adjacent to an activating group) is 1. The SMILES string of the molecule is CCN1CCN(C(=O)[C@@H](C)Sc2nnnn2-c2cccc(C)c2C)CC1. The summed E-state index contributed by atoms with van der Waals surface area (Å²) < 4.78 is 1.73. The molecule has 1 aromatic carbocycles. The van der Waals surface area contributed by atoms with Crippen molar-refractivity contribution < 1.29 is 4.79 Å². The third-order valence-corrected chi connectivity index (χ3v) is 6.03. The lowest BCUT2D eigenvalue weighted by Gasteiger charge is -2.35. The number of amides is 1. The maximum Gasteiger partial charge on any atom is 0.235 e. The molecule has 0 spiro atoms. The standard InChI is InChI=1S/C18H26N6OS/c1-5-22-9-11-23(12-10-22)17(25)15(4)26-18-19-20-21-24(18)16-8-6-7-13(2)14(16)3/h6-8,15H,5,9-12H2,1-4H3/t15-/m1/s1. The molecule has 7 nitrogen and oxygen atoms in total. The molecule has 1 aliphatic heterocycles. The van der Waals surface area contributed by atoms with Crippen molar-refractivity contribution in [3.63, 3.8) is 0 Å². The topological polar surface area (TPSA) is 67.2 Å². The first-order valence-electron chi connectivity index (χ1n) is 9.04. The van der Waals surface area contributed by atoms with Gasteiger partial charge >= 0.3 is 0 Å². The van der Waals surface area contributed by atoms with Crippen molar-refractivity contribution in [2.75, 3.05) is 32.7 Å². The summed E-state index contributed by atoms with van der Waals surface area (Å²) in [6.07, 6.45) is 0. The normalized spacial score (nSPS) is 16.7. The molecular formula is C18H26N6OS. The number of aryl methyl sites for hydroxylation is 1. The van der Waals surface area contributed by atoms with Crippen molar-refractivity contribution in [3.8, 4) is 5.69 Å². The van der Waals surface area contributed by atoms with E-state index in [-0.39, 0.29) is 11.2 Å². The molecule has 1 aliphatic rings. The molecular weight excluding hydrogens is 348 g/mol. The summed E-state index contributed by atoms with van der Waals surface area (Å²) in [6, 6.07) is 6.06. The summed E-state index contributed by atoms with van der Waals surface area (Å²) in [5.41, 5.74) is 3.27. The molecule has 2 aromatic rings. The fraction of sp³-hybridized carbons (Fsp3) is 0.556. The van der Waals surface area contributed by atoms with Crippen LogP contribution in [0.1, 0.15) is 25.0 Å². The van der Waals surface area contributed by atoms with Crippen LogP contribution in [0, 0.1) is 13.8 Å². The van der Waals surface area contributed by atoms with E-state index in [1.165, 1.54) is 17.3 Å². The summed E-state index contributed by atoms with van der Waals surface area (Å²) in [7, 11) is 0. The predicted octanol–water partition coefficient (Wildman–Crippen LogP) is 1.92. The van der Waals surface area contributed by atoms with Crippen molar-refractivity contribution in [1.82, 2.24) is 30.0 Å². The number of aromatic nitrogens is 4. The van der Waals surface area contributed by atoms with Crippen LogP contribution < -0.4 is 0 Å². The number of carbonyl (C=O) groups is 1. The molecule has 3 rings (SSSR count). The minimum atomic E-state index is -0.224. The van der Waals surface area contributed by atoms with Gasteiger partial charge in [0.2, 0.25) is 11.1 Å². The number of rotatable bonds is 5. The summed E-state index contributed by atoms with van der Waals surface area (Å²) in [4.78, 5) is 17.1. The van der Waals surface area contributed by atoms with Crippen molar-refractivity contribution in [1.29, 1.82) is 0 Å². The van der Waals surface area contributed by atoms with Crippen LogP contribution in [-0.4, -0.2) is 73.9 Å². The second-order valence-corrected chi connectivity index (χ2v) is 7.92. The lowest BCUT2D eigenvalue weighted by Crippen LogP contribution is -2.50. The predicted molar refractivity (Wildman–Crippen MR) is 103 cm³/mol. The number of tetrazole rings is 1. The number of nitrogens with zero attached hydrogens (tertiary/aromatic N) is 6. The largest absolute Gasteiger partial charge is 0.339 e. The highest BCUT2D eigenvalue weighted by Gasteiger charge is 2.26. The molecule has 0 radical (unpaired) electrons. The molecule has 26 heavy (non-hydrogen) atoms. The molecule has 0 unspecified atom stereocenters. The maximum absolute atomic E-state index is 12.8. The van der Waals surface area contributed by atoms with E-state index in [4.69, 9.17) is 0 Å². The maximum atomic E-state index is 12.8. The van der Waals surface area contributed by atoms with E-state index in [2.05, 4.69) is 47.3 Å². The number of piperazine rings is 1. The highest BCUT2D eigenvalue weighted by molar-refractivity contribution is 8.00. The van der Waals surface area contributed by atoms with Crippen LogP contribution in [0.15, 0.2) is 23.4 Å². The van der Waals surface area contributed by atoms with Crippen molar-refractivity contribution in [2.45, 2.75) is 38.1 Å². The fourth-order valence-corrected chi connectivity index (χ4v) is 4.00. The summed E-state index contributed by atoms with van der Waals surface area (Å²) >= 11 is 1.42. The van der Waals surface area contributed by atoms with Gasteiger partial charge in [0.05, 0.1) is 10.9 Å². The first kappa shape index (κ1) is 18.8. The van der Waals surface area contributed by atoms with Gasteiger partial charge in [-0.2, -0.15) is 4.68 Å². The lowest BCUT2D eigenvalue weighted by molar-refractivity contribution is -0.132. The number of hydrogen-bond acceptors (Lipinski definition) is 6. The van der Waals surface area contributed by atoms with Gasteiger partial charge in [-0.15, -0.1) is 5.10 Å². The van der Waals surface area contributed by atoms with Gasteiger partial charge in [0.1, 0.15) is 0 Å². The van der Waals surface area contributed by atoms with Gasteiger partial charge in [-0.05, 0) is 54.9 Å². The minimum Gasteiger partial charge on any atom is -0.339 e. The van der Waals surface area contributed by atoms with Gasteiger partial charge in [-0.3, -0.25) is 4.79 Å². The van der Waals surface area contributed by atoms with Crippen LogP contribution in [0.3, 0.4) is 0 Å². The Bertz CT molecular complexity index is 769. The van der Waals surface area contributed by atoms with Gasteiger partial charge in [-0.25, -0.2) is 0 Å². The highest BCUT2D eigenvalue weighted by Crippen LogP contribution is 2.26. The summed E-state index contributed by atoms with van der Waals surface area (Å²) in [5, 5.41) is 12.5. The molecule has 0 aliphatic carbocycles. The van der Waals surface area contributed by atoms with E-state index in [0.717, 1.165) is 44.0 Å². The lowest BCUT2D eigenvalue weighted by atomic mass is 10.1. The van der Waals surface area contributed by atoms with E-state index < -0.39 is 0 Å². The zero-order valence-electron chi connectivity index (χ0n) is 15.8. The molecule has 0 N–H and O–H groups in total. The van der Waals surface area contributed by atoms with Gasteiger partial charge in [0.15, 0.2) is 0 Å². The second kappa shape index (κ2) is 8.18. The van der Waals surface area contributed by atoms with Crippen LogP contribution >= 0.6 is 11.8 Å². The molecule has 1 fully saturated rings. The first-order valence-corrected chi connectivity index (χ1v) is 9.92. The van der Waals surface area contributed by atoms with Gasteiger partial charge in [-0.1, -0.05) is 30.8 Å². The first-order chi connectivity index (χ1) is 12.5. The van der Waals surface area contributed by atoms with Gasteiger partial charge in [0, 0.05) is 26.2 Å². The average Bonchev–Trinajstić information content (AvgIpc) is 3.11. The Morgan fingerprint density at radius 1 is 1.23 bits per heavy atom. The van der Waals surface area contributed by atoms with Crippen molar-refractivity contribution in [2.24, 2.45) is 0 Å². The number of hydrogen-bond donors (Lipinski definition) is 0. The van der Waals surface area contributed by atoms with Gasteiger partial charge < -0.3 is 9.80 Å². The molecule has 8 heteroatoms. The van der Waals surface area contributed by atoms with Crippen LogP contribution in [0.2, 0.25) is 0 Å². The smallest absolute Gasteiger partial charge is 0.235 e. The van der Waals surface area contributed by atoms with E-state index >= 15 is 0 Å². The Kier molecular flexibility index (Phi) is 5.93. The Morgan fingerprint density at radius 3 is 2.65 bits per heavy atom. The zero-order chi connectivity index (χ0) is 18.7. The number of thioether (sulfide) groups is 1. The fourth-order valence-electron chi connectivity index (χ4n) is 3.12. The molecule has 0 saturated carbocycles. The number of carbonyl (C=O) groups excluding carboxylic acids is 1. The Labute approximate surface area is 158 Å². The third-order valence-electron chi connectivity index (χ3n) is 5.01. The van der Waals surface area contributed by atoms with Crippen molar-refractivity contribution in [3.05, 3.63) is 29.3 Å². The molecule has 1 atom stereocenters. The highest BCUT2D eigenvalue weighted by atomic mass is 32.2. The van der Waals surface area contributed by atoms with Crippen LogP contribution in [0.5, 0.6) is 0 Å². The molecule has 0 bridgehead atoms.